The molecule has 2 fully saturated rings. The number of likely N-dealkylation sites (tertiary alicyclic amines) is 1. The lowest BCUT2D eigenvalue weighted by atomic mass is 10.2. The number of aromatic nitrogens is 1. The highest BCUT2D eigenvalue weighted by Crippen LogP contribution is 2.33. The summed E-state index contributed by atoms with van der Waals surface area (Å²) in [4.78, 5) is 6.64. The summed E-state index contributed by atoms with van der Waals surface area (Å²) >= 11 is 3.49. The van der Waals surface area contributed by atoms with Gasteiger partial charge in [0.05, 0.1) is 22.0 Å². The molecule has 17 heavy (non-hydrogen) atoms. The summed E-state index contributed by atoms with van der Waals surface area (Å²) in [6, 6.07) is 1.37. The number of nitrogens with one attached hydrogen (secondary N) is 1. The van der Waals surface area contributed by atoms with Crippen molar-refractivity contribution in [1.82, 2.24) is 9.88 Å². The number of nitrogen functional groups attached to an aromatic ring is 1. The first-order chi connectivity index (χ1) is 8.24. The van der Waals surface area contributed by atoms with E-state index in [0.29, 0.717) is 11.7 Å². The van der Waals surface area contributed by atoms with Crippen molar-refractivity contribution in [2.75, 3.05) is 24.1 Å². The Balaban J connectivity index is 1.67. The summed E-state index contributed by atoms with van der Waals surface area (Å²) in [5.74, 6) is 0. The molecular weight excluding hydrogens is 280 g/mol. The van der Waals surface area contributed by atoms with E-state index in [1.54, 1.807) is 12.4 Å². The third kappa shape index (κ3) is 2.40. The van der Waals surface area contributed by atoms with E-state index < -0.39 is 0 Å². The minimum absolute atomic E-state index is 0.511. The Morgan fingerprint density at radius 3 is 2.88 bits per heavy atom. The molecule has 2 heterocycles. The normalized spacial score (nSPS) is 25.1. The maximum Gasteiger partial charge on any atom is 0.0752 e. The molecule has 0 aromatic carbocycles. The van der Waals surface area contributed by atoms with Crippen molar-refractivity contribution in [3.8, 4) is 0 Å². The van der Waals surface area contributed by atoms with E-state index >= 15 is 0 Å². The number of hydrogen-bond donors (Lipinski definition) is 2. The highest BCUT2D eigenvalue weighted by atomic mass is 79.9. The van der Waals surface area contributed by atoms with Gasteiger partial charge in [-0.2, -0.15) is 0 Å². The lowest BCUT2D eigenvalue weighted by Crippen LogP contribution is -2.28. The van der Waals surface area contributed by atoms with Crippen LogP contribution in [0.2, 0.25) is 0 Å². The topological polar surface area (TPSA) is 54.2 Å². The van der Waals surface area contributed by atoms with Crippen LogP contribution in [0, 0.1) is 0 Å². The fourth-order valence-corrected chi connectivity index (χ4v) is 2.94. The molecule has 0 amide bonds. The molecule has 1 aliphatic heterocycles. The van der Waals surface area contributed by atoms with Gasteiger partial charge in [0.2, 0.25) is 0 Å². The van der Waals surface area contributed by atoms with E-state index in [0.717, 1.165) is 22.7 Å². The van der Waals surface area contributed by atoms with Crippen LogP contribution in [0.3, 0.4) is 0 Å². The van der Waals surface area contributed by atoms with Crippen LogP contribution in [0.4, 0.5) is 11.4 Å². The lowest BCUT2D eigenvalue weighted by Gasteiger charge is -2.18. The Morgan fingerprint density at radius 1 is 1.35 bits per heavy atom. The van der Waals surface area contributed by atoms with Crippen molar-refractivity contribution in [3.63, 3.8) is 0 Å². The molecule has 4 nitrogen and oxygen atoms in total. The van der Waals surface area contributed by atoms with Gasteiger partial charge in [0.15, 0.2) is 0 Å². The molecule has 1 aromatic rings. The van der Waals surface area contributed by atoms with Gasteiger partial charge in [-0.15, -0.1) is 0 Å². The minimum atomic E-state index is 0.511. The molecule has 1 atom stereocenters. The van der Waals surface area contributed by atoms with Gasteiger partial charge < -0.3 is 11.1 Å². The largest absolute Gasteiger partial charge is 0.396 e. The fourth-order valence-electron chi connectivity index (χ4n) is 2.48. The van der Waals surface area contributed by atoms with E-state index in [4.69, 9.17) is 5.73 Å². The summed E-state index contributed by atoms with van der Waals surface area (Å²) in [5, 5.41) is 3.54. The summed E-state index contributed by atoms with van der Waals surface area (Å²) in [6.07, 6.45) is 7.44. The first-order valence-electron chi connectivity index (χ1n) is 6.13. The van der Waals surface area contributed by atoms with Gasteiger partial charge in [0, 0.05) is 31.4 Å². The SMILES string of the molecule is Nc1cncc(Br)c1NC1CCN(C2CC2)C1. The summed E-state index contributed by atoms with van der Waals surface area (Å²) in [6.45, 7) is 2.35. The molecule has 5 heteroatoms. The second-order valence-electron chi connectivity index (χ2n) is 4.94. The zero-order chi connectivity index (χ0) is 11.8. The molecule has 1 saturated heterocycles. The quantitative estimate of drug-likeness (QED) is 0.897. The predicted octanol–water partition coefficient (Wildman–Crippen LogP) is 2.07. The van der Waals surface area contributed by atoms with Gasteiger partial charge >= 0.3 is 0 Å². The van der Waals surface area contributed by atoms with Gasteiger partial charge in [-0.25, -0.2) is 0 Å². The number of rotatable bonds is 3. The molecule has 1 unspecified atom stereocenters. The Kier molecular flexibility index (Phi) is 2.96. The monoisotopic (exact) mass is 296 g/mol. The van der Waals surface area contributed by atoms with Crippen LogP contribution in [-0.2, 0) is 0 Å². The maximum atomic E-state index is 5.94. The molecule has 0 spiro atoms. The Morgan fingerprint density at radius 2 is 2.18 bits per heavy atom. The smallest absolute Gasteiger partial charge is 0.0752 e. The van der Waals surface area contributed by atoms with Crippen molar-refractivity contribution in [3.05, 3.63) is 16.9 Å². The van der Waals surface area contributed by atoms with Crippen LogP contribution in [0.25, 0.3) is 0 Å². The van der Waals surface area contributed by atoms with Crippen molar-refractivity contribution in [2.45, 2.75) is 31.3 Å². The van der Waals surface area contributed by atoms with Crippen LogP contribution in [0.5, 0.6) is 0 Å². The molecule has 1 aromatic heterocycles. The predicted molar refractivity (Wildman–Crippen MR) is 73.0 cm³/mol. The highest BCUT2D eigenvalue weighted by molar-refractivity contribution is 9.10. The van der Waals surface area contributed by atoms with Crippen LogP contribution in [-0.4, -0.2) is 35.1 Å². The number of pyridine rings is 1. The van der Waals surface area contributed by atoms with E-state index in [9.17, 15) is 0 Å². The van der Waals surface area contributed by atoms with Crippen LogP contribution in [0.15, 0.2) is 16.9 Å². The molecule has 1 saturated carbocycles. The summed E-state index contributed by atoms with van der Waals surface area (Å²) < 4.78 is 0.947. The Hall–Kier alpha value is -0.810. The average Bonchev–Trinajstić information content (AvgIpc) is 3.05. The number of nitrogens with two attached hydrogens (primary N) is 1. The van der Waals surface area contributed by atoms with Gasteiger partial charge in [0.25, 0.3) is 0 Å². The Bertz CT molecular complexity index is 399. The third-order valence-electron chi connectivity index (χ3n) is 3.56. The van der Waals surface area contributed by atoms with E-state index in [1.165, 1.54) is 25.8 Å². The highest BCUT2D eigenvalue weighted by Gasteiger charge is 2.34. The fraction of sp³-hybridized carbons (Fsp3) is 0.583. The average molecular weight is 297 g/mol. The van der Waals surface area contributed by atoms with E-state index in [1.807, 2.05) is 0 Å². The molecule has 3 rings (SSSR count). The van der Waals surface area contributed by atoms with Crippen molar-refractivity contribution >= 4 is 27.3 Å². The zero-order valence-electron chi connectivity index (χ0n) is 9.69. The molecule has 92 valence electrons. The van der Waals surface area contributed by atoms with E-state index in [2.05, 4.69) is 31.1 Å². The minimum Gasteiger partial charge on any atom is -0.396 e. The second-order valence-corrected chi connectivity index (χ2v) is 5.80. The lowest BCUT2D eigenvalue weighted by molar-refractivity contribution is 0.326. The summed E-state index contributed by atoms with van der Waals surface area (Å²) in [7, 11) is 0. The first-order valence-corrected chi connectivity index (χ1v) is 6.93. The van der Waals surface area contributed by atoms with Crippen molar-refractivity contribution in [2.24, 2.45) is 0 Å². The Labute approximate surface area is 110 Å². The zero-order valence-corrected chi connectivity index (χ0v) is 11.3. The number of halogens is 1. The molecule has 3 N–H and O–H groups in total. The molecule has 1 aliphatic carbocycles. The van der Waals surface area contributed by atoms with Crippen molar-refractivity contribution in [1.29, 1.82) is 0 Å². The van der Waals surface area contributed by atoms with Crippen LogP contribution < -0.4 is 11.1 Å². The first kappa shape index (κ1) is 11.3. The van der Waals surface area contributed by atoms with Crippen molar-refractivity contribution < 1.29 is 0 Å². The van der Waals surface area contributed by atoms with Gasteiger partial charge in [-0.3, -0.25) is 9.88 Å². The van der Waals surface area contributed by atoms with Gasteiger partial charge in [0.1, 0.15) is 0 Å². The van der Waals surface area contributed by atoms with Crippen LogP contribution in [0.1, 0.15) is 19.3 Å². The molecule has 0 radical (unpaired) electrons. The maximum absolute atomic E-state index is 5.94. The van der Waals surface area contributed by atoms with Gasteiger partial charge in [-0.1, -0.05) is 0 Å². The van der Waals surface area contributed by atoms with Crippen LogP contribution >= 0.6 is 15.9 Å². The third-order valence-corrected chi connectivity index (χ3v) is 4.16. The van der Waals surface area contributed by atoms with E-state index in [-0.39, 0.29) is 0 Å². The molecular formula is C12H17BrN4. The number of anilines is 2. The molecule has 0 bridgehead atoms. The standard InChI is InChI=1S/C12H17BrN4/c13-10-5-15-6-11(14)12(10)16-8-3-4-17(7-8)9-1-2-9/h5-6,8-9H,1-4,7,14H2,(H,15,16). The second kappa shape index (κ2) is 4.46. The van der Waals surface area contributed by atoms with Gasteiger partial charge in [-0.05, 0) is 35.2 Å². The molecule has 2 aliphatic rings. The summed E-state index contributed by atoms with van der Waals surface area (Å²) in [5.41, 5.74) is 7.64. The number of nitrogens with zero attached hydrogens (tertiary/aromatic N) is 2. The number of hydrogen-bond acceptors (Lipinski definition) is 4.